The molecule has 1 aliphatic heterocycles. The lowest BCUT2D eigenvalue weighted by Gasteiger charge is -2.10. The lowest BCUT2D eigenvalue weighted by Crippen LogP contribution is -2.13. The SMILES string of the molecule is CCOC(=O)c1cccnc1Nc1ccc(N=C2C(=O)Nc3ccccc32)cc1. The monoisotopic (exact) mass is 386 g/mol. The van der Waals surface area contributed by atoms with E-state index in [0.29, 0.717) is 29.4 Å². The number of para-hydroxylation sites is 1. The van der Waals surface area contributed by atoms with Gasteiger partial charge in [0, 0.05) is 17.4 Å². The van der Waals surface area contributed by atoms with Crippen LogP contribution in [0.5, 0.6) is 0 Å². The number of nitrogens with one attached hydrogen (secondary N) is 2. The number of hydrogen-bond donors (Lipinski definition) is 2. The molecule has 3 aromatic rings. The predicted molar refractivity (Wildman–Crippen MR) is 111 cm³/mol. The van der Waals surface area contributed by atoms with E-state index in [-0.39, 0.29) is 5.91 Å². The number of amides is 1. The summed E-state index contributed by atoms with van der Waals surface area (Å²) in [6.45, 7) is 2.05. The standard InChI is InChI=1S/C22H18N4O3/c1-2-29-22(28)17-7-5-13-23-20(17)25-15-11-9-14(10-12-15)24-19-16-6-3-4-8-18(16)26-21(19)27/h3-13H,2H2,1H3,(H,23,25)(H,24,26,27). The number of pyridine rings is 1. The number of hydrogen-bond acceptors (Lipinski definition) is 6. The van der Waals surface area contributed by atoms with E-state index in [4.69, 9.17) is 4.74 Å². The van der Waals surface area contributed by atoms with Crippen LogP contribution in [0.2, 0.25) is 0 Å². The van der Waals surface area contributed by atoms with E-state index in [1.54, 1.807) is 37.4 Å². The van der Waals surface area contributed by atoms with Gasteiger partial charge in [-0.1, -0.05) is 18.2 Å². The minimum Gasteiger partial charge on any atom is -0.462 e. The predicted octanol–water partition coefficient (Wildman–Crippen LogP) is 4.07. The zero-order valence-electron chi connectivity index (χ0n) is 15.7. The molecule has 0 unspecified atom stereocenters. The third-order valence-electron chi connectivity index (χ3n) is 4.32. The van der Waals surface area contributed by atoms with Gasteiger partial charge in [-0.3, -0.25) is 4.79 Å². The number of ether oxygens (including phenoxy) is 1. The number of esters is 1. The molecule has 0 bridgehead atoms. The van der Waals surface area contributed by atoms with E-state index in [0.717, 1.165) is 16.9 Å². The van der Waals surface area contributed by atoms with Crippen LogP contribution < -0.4 is 10.6 Å². The highest BCUT2D eigenvalue weighted by Crippen LogP contribution is 2.27. The number of fused-ring (bicyclic) bond motifs is 1. The van der Waals surface area contributed by atoms with Crippen molar-refractivity contribution in [3.8, 4) is 0 Å². The Morgan fingerprint density at radius 3 is 2.69 bits per heavy atom. The Morgan fingerprint density at radius 1 is 1.10 bits per heavy atom. The highest BCUT2D eigenvalue weighted by Gasteiger charge is 2.25. The Balaban J connectivity index is 1.56. The van der Waals surface area contributed by atoms with E-state index in [2.05, 4.69) is 20.6 Å². The molecular formula is C22H18N4O3. The average Bonchev–Trinajstić information content (AvgIpc) is 3.05. The van der Waals surface area contributed by atoms with Crippen molar-refractivity contribution in [2.45, 2.75) is 6.92 Å². The Hall–Kier alpha value is -4.00. The third kappa shape index (κ3) is 3.84. The number of aliphatic imine (C=N–C) groups is 1. The van der Waals surface area contributed by atoms with Crippen LogP contribution in [0.15, 0.2) is 71.9 Å². The molecule has 0 spiro atoms. The number of nitrogens with zero attached hydrogens (tertiary/aromatic N) is 2. The summed E-state index contributed by atoms with van der Waals surface area (Å²) in [5, 5.41) is 5.92. The average molecular weight is 386 g/mol. The van der Waals surface area contributed by atoms with Gasteiger partial charge in [-0.05, 0) is 49.4 Å². The van der Waals surface area contributed by atoms with Gasteiger partial charge in [0.05, 0.1) is 18.0 Å². The van der Waals surface area contributed by atoms with Crippen LogP contribution in [0.4, 0.5) is 22.9 Å². The first-order chi connectivity index (χ1) is 14.2. The molecule has 1 amide bonds. The van der Waals surface area contributed by atoms with Crippen LogP contribution in [0, 0.1) is 0 Å². The molecule has 2 N–H and O–H groups in total. The summed E-state index contributed by atoms with van der Waals surface area (Å²) in [5.41, 5.74) is 3.66. The van der Waals surface area contributed by atoms with Gasteiger partial charge in [0.2, 0.25) is 0 Å². The zero-order valence-corrected chi connectivity index (χ0v) is 15.7. The van der Waals surface area contributed by atoms with Crippen molar-refractivity contribution in [2.24, 2.45) is 4.99 Å². The quantitative estimate of drug-likeness (QED) is 0.645. The van der Waals surface area contributed by atoms with E-state index in [9.17, 15) is 9.59 Å². The summed E-state index contributed by atoms with van der Waals surface area (Å²) in [4.78, 5) is 33.0. The number of aromatic nitrogens is 1. The van der Waals surface area contributed by atoms with E-state index in [1.165, 1.54) is 0 Å². The molecule has 1 aliphatic rings. The molecule has 7 heteroatoms. The van der Waals surface area contributed by atoms with Gasteiger partial charge in [0.25, 0.3) is 5.91 Å². The Kier molecular flexibility index (Phi) is 5.03. The minimum atomic E-state index is -0.433. The molecular weight excluding hydrogens is 368 g/mol. The van der Waals surface area contributed by atoms with E-state index >= 15 is 0 Å². The molecule has 0 saturated heterocycles. The minimum absolute atomic E-state index is 0.221. The zero-order chi connectivity index (χ0) is 20.2. The van der Waals surface area contributed by atoms with Gasteiger partial charge >= 0.3 is 5.97 Å². The number of anilines is 3. The molecule has 29 heavy (non-hydrogen) atoms. The summed E-state index contributed by atoms with van der Waals surface area (Å²) < 4.78 is 5.06. The lowest BCUT2D eigenvalue weighted by molar-refractivity contribution is -0.110. The summed E-state index contributed by atoms with van der Waals surface area (Å²) in [7, 11) is 0. The molecule has 2 aromatic carbocycles. The topological polar surface area (TPSA) is 92.7 Å². The van der Waals surface area contributed by atoms with Gasteiger partial charge < -0.3 is 15.4 Å². The van der Waals surface area contributed by atoms with Crippen molar-refractivity contribution in [3.05, 3.63) is 78.0 Å². The van der Waals surface area contributed by atoms with E-state index in [1.807, 2.05) is 36.4 Å². The Morgan fingerprint density at radius 2 is 1.90 bits per heavy atom. The van der Waals surface area contributed by atoms with Gasteiger partial charge in [-0.15, -0.1) is 0 Å². The van der Waals surface area contributed by atoms with Gasteiger partial charge in [-0.25, -0.2) is 14.8 Å². The smallest absolute Gasteiger partial charge is 0.341 e. The van der Waals surface area contributed by atoms with Crippen molar-refractivity contribution in [2.75, 3.05) is 17.2 Å². The molecule has 7 nitrogen and oxygen atoms in total. The van der Waals surface area contributed by atoms with Crippen molar-refractivity contribution in [1.29, 1.82) is 0 Å². The fourth-order valence-electron chi connectivity index (χ4n) is 2.98. The van der Waals surface area contributed by atoms with Crippen molar-refractivity contribution >= 4 is 40.5 Å². The highest BCUT2D eigenvalue weighted by molar-refractivity contribution is 6.54. The van der Waals surface area contributed by atoms with Crippen LogP contribution in [-0.4, -0.2) is 29.2 Å². The second kappa shape index (κ2) is 7.93. The first-order valence-electron chi connectivity index (χ1n) is 9.14. The van der Waals surface area contributed by atoms with Crippen LogP contribution >= 0.6 is 0 Å². The maximum Gasteiger partial charge on any atom is 0.341 e. The Bertz CT molecular complexity index is 1110. The molecule has 2 heterocycles. The summed E-state index contributed by atoms with van der Waals surface area (Å²) in [6.07, 6.45) is 1.60. The first kappa shape index (κ1) is 18.4. The fourth-order valence-corrected chi connectivity index (χ4v) is 2.98. The maximum atomic E-state index is 12.2. The normalized spacial score (nSPS) is 13.7. The Labute approximate surface area is 167 Å². The van der Waals surface area contributed by atoms with Crippen molar-refractivity contribution in [1.82, 2.24) is 4.98 Å². The molecule has 0 radical (unpaired) electrons. The summed E-state index contributed by atoms with van der Waals surface area (Å²) >= 11 is 0. The van der Waals surface area contributed by atoms with Crippen molar-refractivity contribution in [3.63, 3.8) is 0 Å². The number of carbonyl (C=O) groups is 2. The lowest BCUT2D eigenvalue weighted by atomic mass is 10.1. The van der Waals surface area contributed by atoms with Crippen LogP contribution in [0.25, 0.3) is 0 Å². The molecule has 144 valence electrons. The molecule has 0 saturated carbocycles. The first-order valence-corrected chi connectivity index (χ1v) is 9.14. The highest BCUT2D eigenvalue weighted by atomic mass is 16.5. The second-order valence-electron chi connectivity index (χ2n) is 6.25. The fraction of sp³-hybridized carbons (Fsp3) is 0.0909. The van der Waals surface area contributed by atoms with Crippen LogP contribution in [-0.2, 0) is 9.53 Å². The molecule has 0 atom stereocenters. The van der Waals surface area contributed by atoms with Gasteiger partial charge in [0.15, 0.2) is 0 Å². The molecule has 1 aromatic heterocycles. The number of carbonyl (C=O) groups excluding carboxylic acids is 2. The van der Waals surface area contributed by atoms with Gasteiger partial charge in [0.1, 0.15) is 17.1 Å². The van der Waals surface area contributed by atoms with Crippen LogP contribution in [0.3, 0.4) is 0 Å². The number of rotatable bonds is 5. The van der Waals surface area contributed by atoms with E-state index < -0.39 is 5.97 Å². The number of benzene rings is 2. The van der Waals surface area contributed by atoms with Gasteiger partial charge in [-0.2, -0.15) is 0 Å². The van der Waals surface area contributed by atoms with Crippen LogP contribution in [0.1, 0.15) is 22.8 Å². The van der Waals surface area contributed by atoms with Crippen molar-refractivity contribution < 1.29 is 14.3 Å². The third-order valence-corrected chi connectivity index (χ3v) is 4.32. The largest absolute Gasteiger partial charge is 0.462 e. The molecule has 0 aliphatic carbocycles. The second-order valence-corrected chi connectivity index (χ2v) is 6.25. The molecule has 4 rings (SSSR count). The summed E-state index contributed by atoms with van der Waals surface area (Å²) in [6, 6.07) is 18.0. The summed E-state index contributed by atoms with van der Waals surface area (Å²) in [5.74, 6) is -0.243. The maximum absolute atomic E-state index is 12.2. The molecule has 0 fully saturated rings.